The molecular formula is C19H11F3N2O. The average Bonchev–Trinajstić information content (AvgIpc) is 2.62. The molecule has 124 valence electrons. The van der Waals surface area contributed by atoms with Crippen molar-refractivity contribution in [3.63, 3.8) is 0 Å². The minimum atomic E-state index is -4.49. The lowest BCUT2D eigenvalue weighted by molar-refractivity contribution is -0.137. The summed E-state index contributed by atoms with van der Waals surface area (Å²) in [5, 5.41) is 0.804. The standard InChI is InChI=1S/C19H11F3N2O/c20-19(21,22)12-7-8-13-14(11-12)17(15-5-1-3-9-23-15)18(25)24-10-4-2-6-16(13)24/h1-11H. The molecule has 3 aromatic heterocycles. The van der Waals surface area contributed by atoms with E-state index < -0.39 is 17.3 Å². The molecule has 0 radical (unpaired) electrons. The number of pyridine rings is 3. The molecule has 0 fully saturated rings. The van der Waals surface area contributed by atoms with Crippen LogP contribution in [0.15, 0.2) is 71.8 Å². The lowest BCUT2D eigenvalue weighted by Crippen LogP contribution is -2.17. The second kappa shape index (κ2) is 5.44. The van der Waals surface area contributed by atoms with Gasteiger partial charge in [0.2, 0.25) is 0 Å². The largest absolute Gasteiger partial charge is 0.416 e. The average molecular weight is 340 g/mol. The molecule has 0 aliphatic carbocycles. The first-order valence-corrected chi connectivity index (χ1v) is 7.52. The van der Waals surface area contributed by atoms with Gasteiger partial charge in [0.05, 0.1) is 22.3 Å². The van der Waals surface area contributed by atoms with Crippen LogP contribution >= 0.6 is 0 Å². The van der Waals surface area contributed by atoms with E-state index in [2.05, 4.69) is 4.98 Å². The predicted octanol–water partition coefficient (Wildman–Crippen LogP) is 4.53. The molecule has 0 amide bonds. The highest BCUT2D eigenvalue weighted by Gasteiger charge is 2.31. The molecule has 0 bridgehead atoms. The molecular weight excluding hydrogens is 329 g/mol. The van der Waals surface area contributed by atoms with E-state index in [9.17, 15) is 18.0 Å². The van der Waals surface area contributed by atoms with Gasteiger partial charge < -0.3 is 0 Å². The molecule has 0 saturated carbocycles. The third-order valence-corrected chi connectivity index (χ3v) is 4.11. The summed E-state index contributed by atoms with van der Waals surface area (Å²) in [6.07, 6.45) is -1.38. The van der Waals surface area contributed by atoms with Gasteiger partial charge in [0, 0.05) is 17.8 Å². The van der Waals surface area contributed by atoms with Crippen LogP contribution in [0.1, 0.15) is 5.56 Å². The van der Waals surface area contributed by atoms with Crippen LogP contribution in [-0.2, 0) is 6.18 Å². The Hall–Kier alpha value is -3.15. The molecule has 0 aliphatic rings. The van der Waals surface area contributed by atoms with Crippen molar-refractivity contribution in [2.45, 2.75) is 6.18 Å². The molecule has 6 heteroatoms. The van der Waals surface area contributed by atoms with Gasteiger partial charge in [0.15, 0.2) is 0 Å². The molecule has 0 spiro atoms. The van der Waals surface area contributed by atoms with Gasteiger partial charge in [-0.25, -0.2) is 0 Å². The fraction of sp³-hybridized carbons (Fsp3) is 0.0526. The molecule has 1 aromatic carbocycles. The van der Waals surface area contributed by atoms with E-state index in [0.29, 0.717) is 16.6 Å². The van der Waals surface area contributed by atoms with Crippen LogP contribution in [0.5, 0.6) is 0 Å². The number of rotatable bonds is 1. The molecule has 25 heavy (non-hydrogen) atoms. The van der Waals surface area contributed by atoms with Crippen molar-refractivity contribution in [2.24, 2.45) is 0 Å². The molecule has 4 rings (SSSR count). The van der Waals surface area contributed by atoms with Crippen molar-refractivity contribution < 1.29 is 13.2 Å². The van der Waals surface area contributed by atoms with Crippen LogP contribution in [0.2, 0.25) is 0 Å². The molecule has 3 heterocycles. The summed E-state index contributed by atoms with van der Waals surface area (Å²) < 4.78 is 40.9. The van der Waals surface area contributed by atoms with Gasteiger partial charge in [0.1, 0.15) is 0 Å². The van der Waals surface area contributed by atoms with Gasteiger partial charge in [-0.3, -0.25) is 14.2 Å². The Morgan fingerprint density at radius 1 is 0.920 bits per heavy atom. The summed E-state index contributed by atoms with van der Waals surface area (Å²) in [6, 6.07) is 13.6. The number of benzene rings is 1. The second-order valence-electron chi connectivity index (χ2n) is 5.61. The maximum absolute atomic E-state index is 13.2. The van der Waals surface area contributed by atoms with Gasteiger partial charge in [-0.1, -0.05) is 18.2 Å². The van der Waals surface area contributed by atoms with Crippen LogP contribution in [0, 0.1) is 0 Å². The Bertz CT molecular complexity index is 1150. The Kier molecular flexibility index (Phi) is 3.35. The number of alkyl halides is 3. The number of fused-ring (bicyclic) bond motifs is 3. The highest BCUT2D eigenvalue weighted by atomic mass is 19.4. The van der Waals surface area contributed by atoms with Gasteiger partial charge in [-0.05, 0) is 41.8 Å². The zero-order valence-corrected chi connectivity index (χ0v) is 12.8. The summed E-state index contributed by atoms with van der Waals surface area (Å²) in [4.78, 5) is 17.1. The molecule has 0 N–H and O–H groups in total. The summed E-state index contributed by atoms with van der Waals surface area (Å²) >= 11 is 0. The van der Waals surface area contributed by atoms with Crippen LogP contribution < -0.4 is 5.56 Å². The zero-order valence-electron chi connectivity index (χ0n) is 12.8. The van der Waals surface area contributed by atoms with Crippen molar-refractivity contribution in [2.75, 3.05) is 0 Å². The Balaban J connectivity index is 2.23. The van der Waals surface area contributed by atoms with E-state index in [1.165, 1.54) is 16.7 Å². The molecule has 0 aliphatic heterocycles. The van der Waals surface area contributed by atoms with Gasteiger partial charge in [0.25, 0.3) is 5.56 Å². The summed E-state index contributed by atoms with van der Waals surface area (Å²) in [5.74, 6) is 0. The highest BCUT2D eigenvalue weighted by Crippen LogP contribution is 2.34. The molecule has 0 saturated heterocycles. The third kappa shape index (κ3) is 2.46. The first kappa shape index (κ1) is 15.4. The monoisotopic (exact) mass is 340 g/mol. The van der Waals surface area contributed by atoms with E-state index >= 15 is 0 Å². The van der Waals surface area contributed by atoms with Crippen molar-refractivity contribution in [1.82, 2.24) is 9.38 Å². The van der Waals surface area contributed by atoms with Crippen LogP contribution in [0.3, 0.4) is 0 Å². The van der Waals surface area contributed by atoms with Crippen molar-refractivity contribution in [1.29, 1.82) is 0 Å². The Morgan fingerprint density at radius 2 is 1.72 bits per heavy atom. The first-order valence-electron chi connectivity index (χ1n) is 7.52. The molecule has 3 nitrogen and oxygen atoms in total. The van der Waals surface area contributed by atoms with E-state index in [0.717, 1.165) is 12.1 Å². The topological polar surface area (TPSA) is 34.4 Å². The number of aromatic nitrogens is 2. The summed E-state index contributed by atoms with van der Waals surface area (Å²) in [7, 11) is 0. The highest BCUT2D eigenvalue weighted by molar-refractivity contribution is 6.04. The minimum absolute atomic E-state index is 0.158. The molecule has 0 atom stereocenters. The Morgan fingerprint density at radius 3 is 2.44 bits per heavy atom. The zero-order chi connectivity index (χ0) is 17.6. The quantitative estimate of drug-likeness (QED) is 0.477. The second-order valence-corrected chi connectivity index (χ2v) is 5.61. The van der Waals surface area contributed by atoms with E-state index in [-0.39, 0.29) is 10.9 Å². The lowest BCUT2D eigenvalue weighted by Gasteiger charge is -2.13. The van der Waals surface area contributed by atoms with Crippen molar-refractivity contribution in [3.8, 4) is 11.3 Å². The summed E-state index contributed by atoms with van der Waals surface area (Å²) in [6.45, 7) is 0. The normalized spacial score (nSPS) is 12.0. The van der Waals surface area contributed by atoms with Gasteiger partial charge in [-0.2, -0.15) is 13.2 Å². The third-order valence-electron chi connectivity index (χ3n) is 4.11. The minimum Gasteiger partial charge on any atom is -0.283 e. The predicted molar refractivity (Wildman–Crippen MR) is 89.4 cm³/mol. The number of nitrogens with zero attached hydrogens (tertiary/aromatic N) is 2. The smallest absolute Gasteiger partial charge is 0.283 e. The van der Waals surface area contributed by atoms with E-state index in [1.54, 1.807) is 42.6 Å². The van der Waals surface area contributed by atoms with Crippen LogP contribution in [0.25, 0.3) is 27.5 Å². The number of hydrogen-bond acceptors (Lipinski definition) is 2. The van der Waals surface area contributed by atoms with Crippen LogP contribution in [0.4, 0.5) is 13.2 Å². The number of halogens is 3. The van der Waals surface area contributed by atoms with Crippen LogP contribution in [-0.4, -0.2) is 9.38 Å². The van der Waals surface area contributed by atoms with Gasteiger partial charge in [-0.15, -0.1) is 0 Å². The maximum Gasteiger partial charge on any atom is 0.416 e. The first-order chi connectivity index (χ1) is 12.0. The van der Waals surface area contributed by atoms with Gasteiger partial charge >= 0.3 is 6.18 Å². The maximum atomic E-state index is 13.2. The fourth-order valence-corrected chi connectivity index (χ4v) is 2.98. The molecule has 4 aromatic rings. The van der Waals surface area contributed by atoms with Crippen molar-refractivity contribution in [3.05, 3.63) is 82.9 Å². The summed E-state index contributed by atoms with van der Waals surface area (Å²) in [5.41, 5.74) is -0.144. The lowest BCUT2D eigenvalue weighted by atomic mass is 9.99. The van der Waals surface area contributed by atoms with E-state index in [4.69, 9.17) is 0 Å². The van der Waals surface area contributed by atoms with Crippen molar-refractivity contribution >= 4 is 16.3 Å². The van der Waals surface area contributed by atoms with E-state index in [1.807, 2.05) is 0 Å². The molecule has 0 unspecified atom stereocenters. The Labute approximate surface area is 140 Å². The fourth-order valence-electron chi connectivity index (χ4n) is 2.98. The SMILES string of the molecule is O=c1c(-c2ccccn2)c2cc(C(F)(F)F)ccc2c2ccccn12. The number of hydrogen-bond donors (Lipinski definition) is 0.